The largest absolute Gasteiger partial charge is 0.366 e. The van der Waals surface area contributed by atoms with Gasteiger partial charge in [0.2, 0.25) is 0 Å². The molecule has 1 heterocycles. The molecule has 1 aromatic carbocycles. The number of hydrogen-bond acceptors (Lipinski definition) is 2. The molecule has 0 saturated carbocycles. The van der Waals surface area contributed by atoms with Gasteiger partial charge in [-0.05, 0) is 31.2 Å². The Morgan fingerprint density at radius 3 is 2.67 bits per heavy atom. The Morgan fingerprint density at radius 2 is 2.06 bits per heavy atom. The number of nitrogens with zero attached hydrogens (tertiary/aromatic N) is 1. The summed E-state index contributed by atoms with van der Waals surface area (Å²) in [5, 5.41) is 0.0204. The van der Waals surface area contributed by atoms with E-state index in [0.29, 0.717) is 17.0 Å². The first-order chi connectivity index (χ1) is 8.49. The number of aromatic nitrogens is 1. The van der Waals surface area contributed by atoms with Crippen LogP contribution in [0.5, 0.6) is 0 Å². The normalized spacial score (nSPS) is 10.4. The second-order valence-electron chi connectivity index (χ2n) is 3.84. The third-order valence-corrected chi connectivity index (χ3v) is 2.80. The Kier molecular flexibility index (Phi) is 3.30. The van der Waals surface area contributed by atoms with E-state index in [9.17, 15) is 9.18 Å². The number of amides is 1. The van der Waals surface area contributed by atoms with E-state index in [1.807, 2.05) is 0 Å². The molecular formula is C13H10ClFN2O. The van der Waals surface area contributed by atoms with Gasteiger partial charge in [0.05, 0.1) is 16.3 Å². The van der Waals surface area contributed by atoms with Crippen LogP contribution in [0.2, 0.25) is 5.02 Å². The summed E-state index contributed by atoms with van der Waals surface area (Å²) < 4.78 is 13.4. The lowest BCUT2D eigenvalue weighted by atomic mass is 10.0. The summed E-state index contributed by atoms with van der Waals surface area (Å²) in [6.45, 7) is 1.78. The van der Waals surface area contributed by atoms with Crippen LogP contribution >= 0.6 is 11.6 Å². The molecule has 0 spiro atoms. The maximum Gasteiger partial charge on any atom is 0.250 e. The van der Waals surface area contributed by atoms with Crippen molar-refractivity contribution in [3.05, 3.63) is 52.4 Å². The third kappa shape index (κ3) is 2.33. The lowest BCUT2D eigenvalue weighted by Crippen LogP contribution is -2.13. The number of benzene rings is 1. The van der Waals surface area contributed by atoms with Gasteiger partial charge in [-0.2, -0.15) is 0 Å². The molecule has 0 aliphatic rings. The first kappa shape index (κ1) is 12.5. The van der Waals surface area contributed by atoms with Crippen LogP contribution in [0.25, 0.3) is 11.3 Å². The molecule has 0 fully saturated rings. The smallest absolute Gasteiger partial charge is 0.250 e. The van der Waals surface area contributed by atoms with Gasteiger partial charge in [-0.25, -0.2) is 4.39 Å². The minimum atomic E-state index is -0.604. The van der Waals surface area contributed by atoms with Crippen LogP contribution in [0, 0.1) is 12.7 Å². The van der Waals surface area contributed by atoms with Gasteiger partial charge in [-0.1, -0.05) is 17.7 Å². The Bertz CT molecular complexity index is 628. The van der Waals surface area contributed by atoms with E-state index in [-0.39, 0.29) is 10.6 Å². The quantitative estimate of drug-likeness (QED) is 0.907. The summed E-state index contributed by atoms with van der Waals surface area (Å²) in [4.78, 5) is 15.5. The van der Waals surface area contributed by atoms with Gasteiger partial charge in [0.25, 0.3) is 5.91 Å². The molecule has 0 saturated heterocycles. The highest BCUT2D eigenvalue weighted by atomic mass is 35.5. The molecule has 0 bridgehead atoms. The molecule has 0 atom stereocenters. The van der Waals surface area contributed by atoms with Gasteiger partial charge in [-0.15, -0.1) is 0 Å². The molecular weight excluding hydrogens is 255 g/mol. The van der Waals surface area contributed by atoms with E-state index in [2.05, 4.69) is 4.98 Å². The van der Waals surface area contributed by atoms with Gasteiger partial charge >= 0.3 is 0 Å². The number of aryl methyl sites for hydroxylation is 1. The fourth-order valence-corrected chi connectivity index (χ4v) is 1.74. The van der Waals surface area contributed by atoms with Crippen LogP contribution < -0.4 is 5.73 Å². The highest BCUT2D eigenvalue weighted by molar-refractivity contribution is 6.30. The van der Waals surface area contributed by atoms with Gasteiger partial charge in [0.1, 0.15) is 5.82 Å². The van der Waals surface area contributed by atoms with Crippen molar-refractivity contribution < 1.29 is 9.18 Å². The fraction of sp³-hybridized carbons (Fsp3) is 0.0769. The van der Waals surface area contributed by atoms with Gasteiger partial charge in [-0.3, -0.25) is 9.78 Å². The molecule has 18 heavy (non-hydrogen) atoms. The second kappa shape index (κ2) is 4.74. The number of carbonyl (C=O) groups is 1. The van der Waals surface area contributed by atoms with Crippen LogP contribution in [0.15, 0.2) is 30.3 Å². The van der Waals surface area contributed by atoms with Crippen LogP contribution in [-0.2, 0) is 0 Å². The van der Waals surface area contributed by atoms with Crippen molar-refractivity contribution in [1.82, 2.24) is 4.98 Å². The zero-order valence-electron chi connectivity index (χ0n) is 9.58. The number of halogens is 2. The lowest BCUT2D eigenvalue weighted by molar-refractivity contribution is 0.100. The van der Waals surface area contributed by atoms with Crippen molar-refractivity contribution in [1.29, 1.82) is 0 Å². The van der Waals surface area contributed by atoms with Crippen molar-refractivity contribution in [3.8, 4) is 11.3 Å². The summed E-state index contributed by atoms with van der Waals surface area (Å²) in [6.07, 6.45) is 0. The van der Waals surface area contributed by atoms with Crippen LogP contribution in [0.1, 0.15) is 16.1 Å². The first-order valence-corrected chi connectivity index (χ1v) is 5.59. The van der Waals surface area contributed by atoms with E-state index < -0.39 is 11.7 Å². The van der Waals surface area contributed by atoms with Crippen LogP contribution in [0.3, 0.4) is 0 Å². The van der Waals surface area contributed by atoms with Gasteiger partial charge in [0.15, 0.2) is 0 Å². The minimum Gasteiger partial charge on any atom is -0.366 e. The molecule has 92 valence electrons. The Labute approximate surface area is 108 Å². The summed E-state index contributed by atoms with van der Waals surface area (Å²) in [6, 6.07) is 7.50. The molecule has 1 amide bonds. The highest BCUT2D eigenvalue weighted by Gasteiger charge is 2.13. The fourth-order valence-electron chi connectivity index (χ4n) is 1.62. The number of hydrogen-bond donors (Lipinski definition) is 1. The molecule has 1 aromatic heterocycles. The van der Waals surface area contributed by atoms with Crippen molar-refractivity contribution in [2.75, 3.05) is 0 Å². The Balaban J connectivity index is 2.65. The summed E-state index contributed by atoms with van der Waals surface area (Å²) in [5.41, 5.74) is 7.06. The minimum absolute atomic E-state index is 0.0204. The molecule has 2 rings (SSSR count). The Morgan fingerprint density at radius 1 is 1.33 bits per heavy atom. The topological polar surface area (TPSA) is 56.0 Å². The third-order valence-electron chi connectivity index (χ3n) is 2.49. The standard InChI is InChI=1S/C13H10ClFN2O/c1-7-2-4-9(13(16)18)12(17-7)8-3-5-10(14)11(15)6-8/h2-6H,1H3,(H2,16,18). The SMILES string of the molecule is Cc1ccc(C(N)=O)c(-c2ccc(Cl)c(F)c2)n1. The molecule has 5 heteroatoms. The number of pyridine rings is 1. The highest BCUT2D eigenvalue weighted by Crippen LogP contribution is 2.25. The predicted molar refractivity (Wildman–Crippen MR) is 67.9 cm³/mol. The maximum atomic E-state index is 13.4. The zero-order chi connectivity index (χ0) is 13.3. The van der Waals surface area contributed by atoms with E-state index >= 15 is 0 Å². The van der Waals surface area contributed by atoms with E-state index in [1.165, 1.54) is 12.1 Å². The van der Waals surface area contributed by atoms with E-state index in [1.54, 1.807) is 25.1 Å². The van der Waals surface area contributed by atoms with Crippen molar-refractivity contribution >= 4 is 17.5 Å². The van der Waals surface area contributed by atoms with E-state index in [0.717, 1.165) is 0 Å². The van der Waals surface area contributed by atoms with Crippen LogP contribution in [0.4, 0.5) is 4.39 Å². The van der Waals surface area contributed by atoms with Crippen molar-refractivity contribution in [2.24, 2.45) is 5.73 Å². The van der Waals surface area contributed by atoms with Gasteiger partial charge in [0, 0.05) is 11.3 Å². The maximum absolute atomic E-state index is 13.4. The molecule has 0 aliphatic heterocycles. The number of nitrogens with two attached hydrogens (primary N) is 1. The summed E-state index contributed by atoms with van der Waals surface area (Å²) >= 11 is 5.61. The summed E-state index contributed by atoms with van der Waals surface area (Å²) in [7, 11) is 0. The Hall–Kier alpha value is -1.94. The lowest BCUT2D eigenvalue weighted by Gasteiger charge is -2.07. The number of primary amides is 1. The molecule has 2 aromatic rings. The average Bonchev–Trinajstić information content (AvgIpc) is 2.32. The average molecular weight is 265 g/mol. The number of carbonyl (C=O) groups excluding carboxylic acids is 1. The van der Waals surface area contributed by atoms with Gasteiger partial charge < -0.3 is 5.73 Å². The molecule has 3 nitrogen and oxygen atoms in total. The van der Waals surface area contributed by atoms with E-state index in [4.69, 9.17) is 17.3 Å². The number of rotatable bonds is 2. The zero-order valence-corrected chi connectivity index (χ0v) is 10.3. The molecule has 0 radical (unpaired) electrons. The molecule has 2 N–H and O–H groups in total. The van der Waals surface area contributed by atoms with Crippen molar-refractivity contribution in [3.63, 3.8) is 0 Å². The molecule has 0 aliphatic carbocycles. The second-order valence-corrected chi connectivity index (χ2v) is 4.25. The predicted octanol–water partition coefficient (Wildman–Crippen LogP) is 2.95. The van der Waals surface area contributed by atoms with Crippen molar-refractivity contribution in [2.45, 2.75) is 6.92 Å². The molecule has 0 unspecified atom stereocenters. The monoisotopic (exact) mass is 264 g/mol. The summed E-state index contributed by atoms with van der Waals surface area (Å²) in [5.74, 6) is -1.17. The first-order valence-electron chi connectivity index (χ1n) is 5.22. The van der Waals surface area contributed by atoms with Crippen LogP contribution in [-0.4, -0.2) is 10.9 Å².